The second-order valence-electron chi connectivity index (χ2n) is 4.51. The van der Waals surface area contributed by atoms with Crippen LogP contribution in [0.4, 0.5) is 0 Å². The lowest BCUT2D eigenvalue weighted by molar-refractivity contribution is 0.0449. The third-order valence-corrected chi connectivity index (χ3v) is 3.16. The number of aromatic nitrogens is 1. The van der Waals surface area contributed by atoms with Crippen LogP contribution in [-0.2, 0) is 0 Å². The zero-order valence-corrected chi connectivity index (χ0v) is 9.52. The molecule has 0 unspecified atom stereocenters. The Morgan fingerprint density at radius 2 is 2.18 bits per heavy atom. The van der Waals surface area contributed by atoms with Crippen molar-refractivity contribution in [2.75, 3.05) is 6.54 Å². The van der Waals surface area contributed by atoms with Crippen LogP contribution in [0.5, 0.6) is 5.75 Å². The molecule has 2 rings (SSSR count). The van der Waals surface area contributed by atoms with Gasteiger partial charge in [-0.15, -0.1) is 0 Å². The van der Waals surface area contributed by atoms with Gasteiger partial charge in [0, 0.05) is 12.7 Å². The number of aliphatic hydroxyl groups is 1. The minimum Gasteiger partial charge on any atom is -0.505 e. The molecule has 0 bridgehead atoms. The highest BCUT2D eigenvalue weighted by molar-refractivity contribution is 5.96. The van der Waals surface area contributed by atoms with Gasteiger partial charge in [0.1, 0.15) is 5.75 Å². The fourth-order valence-corrected chi connectivity index (χ4v) is 2.13. The summed E-state index contributed by atoms with van der Waals surface area (Å²) in [6.07, 6.45) is 6.09. The number of rotatable bonds is 3. The van der Waals surface area contributed by atoms with E-state index in [1.807, 2.05) is 0 Å². The molecule has 1 aliphatic rings. The Balaban J connectivity index is 1.96. The SMILES string of the molecule is O=C(NCC1(O)CCCC1)c1ccncc1O. The van der Waals surface area contributed by atoms with Crippen LogP contribution >= 0.6 is 0 Å². The van der Waals surface area contributed by atoms with Gasteiger partial charge in [0.25, 0.3) is 5.91 Å². The molecule has 5 nitrogen and oxygen atoms in total. The Labute approximate surface area is 99.5 Å². The van der Waals surface area contributed by atoms with Gasteiger partial charge < -0.3 is 15.5 Å². The first kappa shape index (κ1) is 11.9. The Morgan fingerprint density at radius 1 is 1.47 bits per heavy atom. The van der Waals surface area contributed by atoms with E-state index in [9.17, 15) is 15.0 Å². The normalized spacial score (nSPS) is 17.9. The predicted molar refractivity (Wildman–Crippen MR) is 61.7 cm³/mol. The summed E-state index contributed by atoms with van der Waals surface area (Å²) < 4.78 is 0. The highest BCUT2D eigenvalue weighted by atomic mass is 16.3. The molecule has 1 amide bonds. The monoisotopic (exact) mass is 236 g/mol. The fourth-order valence-electron chi connectivity index (χ4n) is 2.13. The van der Waals surface area contributed by atoms with E-state index in [0.29, 0.717) is 0 Å². The van der Waals surface area contributed by atoms with Crippen molar-refractivity contribution in [3.05, 3.63) is 24.0 Å². The number of amides is 1. The van der Waals surface area contributed by atoms with Gasteiger partial charge in [-0.1, -0.05) is 12.8 Å². The molecule has 0 atom stereocenters. The van der Waals surface area contributed by atoms with E-state index < -0.39 is 5.60 Å². The van der Waals surface area contributed by atoms with E-state index in [4.69, 9.17) is 0 Å². The van der Waals surface area contributed by atoms with Crippen LogP contribution < -0.4 is 5.32 Å². The lowest BCUT2D eigenvalue weighted by Crippen LogP contribution is -2.40. The first-order valence-corrected chi connectivity index (χ1v) is 5.74. The summed E-state index contributed by atoms with van der Waals surface area (Å²) in [5.74, 6) is -0.534. The zero-order chi connectivity index (χ0) is 12.3. The fraction of sp³-hybridized carbons (Fsp3) is 0.500. The second-order valence-corrected chi connectivity index (χ2v) is 4.51. The van der Waals surface area contributed by atoms with Crippen molar-refractivity contribution in [2.24, 2.45) is 0 Å². The molecule has 0 aliphatic heterocycles. The molecule has 1 saturated carbocycles. The van der Waals surface area contributed by atoms with Crippen molar-refractivity contribution in [2.45, 2.75) is 31.3 Å². The van der Waals surface area contributed by atoms with Crippen molar-refractivity contribution in [3.8, 4) is 5.75 Å². The molecule has 1 fully saturated rings. The summed E-state index contributed by atoms with van der Waals surface area (Å²) in [5.41, 5.74) is -0.597. The van der Waals surface area contributed by atoms with Gasteiger partial charge in [0.2, 0.25) is 0 Å². The van der Waals surface area contributed by atoms with Gasteiger partial charge in [0.15, 0.2) is 0 Å². The summed E-state index contributed by atoms with van der Waals surface area (Å²) in [6, 6.07) is 1.45. The maximum Gasteiger partial charge on any atom is 0.255 e. The molecule has 3 N–H and O–H groups in total. The first-order valence-electron chi connectivity index (χ1n) is 5.74. The number of pyridine rings is 1. The number of nitrogens with one attached hydrogen (secondary N) is 1. The predicted octanol–water partition coefficient (Wildman–Crippen LogP) is 0.822. The quantitative estimate of drug-likeness (QED) is 0.725. The van der Waals surface area contributed by atoms with Crippen molar-refractivity contribution in [1.29, 1.82) is 0 Å². The maximum absolute atomic E-state index is 11.8. The number of aromatic hydroxyl groups is 1. The van der Waals surface area contributed by atoms with E-state index in [1.165, 1.54) is 18.5 Å². The average Bonchev–Trinajstić information content (AvgIpc) is 2.74. The molecule has 92 valence electrons. The minimum atomic E-state index is -0.779. The molecule has 0 spiro atoms. The third-order valence-electron chi connectivity index (χ3n) is 3.16. The standard InChI is InChI=1S/C12H16N2O3/c15-10-7-13-6-3-9(10)11(16)14-8-12(17)4-1-2-5-12/h3,6-7,15,17H,1-2,4-5,8H2,(H,14,16). The molecule has 0 aromatic carbocycles. The first-order chi connectivity index (χ1) is 8.11. The number of carbonyl (C=O) groups is 1. The zero-order valence-electron chi connectivity index (χ0n) is 9.52. The van der Waals surface area contributed by atoms with Crippen LogP contribution in [0.15, 0.2) is 18.5 Å². The van der Waals surface area contributed by atoms with E-state index in [1.54, 1.807) is 0 Å². The summed E-state index contributed by atoms with van der Waals surface area (Å²) in [6.45, 7) is 0.230. The molecule has 1 aromatic rings. The summed E-state index contributed by atoms with van der Waals surface area (Å²) in [5, 5.41) is 22.2. The molecule has 0 radical (unpaired) electrons. The van der Waals surface area contributed by atoms with Crippen molar-refractivity contribution >= 4 is 5.91 Å². The van der Waals surface area contributed by atoms with Crippen LogP contribution in [0.2, 0.25) is 0 Å². The number of hydrogen-bond donors (Lipinski definition) is 3. The average molecular weight is 236 g/mol. The Bertz CT molecular complexity index is 414. The summed E-state index contributed by atoms with van der Waals surface area (Å²) >= 11 is 0. The van der Waals surface area contributed by atoms with Gasteiger partial charge >= 0.3 is 0 Å². The Hall–Kier alpha value is -1.62. The van der Waals surface area contributed by atoms with Crippen LogP contribution in [0.3, 0.4) is 0 Å². The van der Waals surface area contributed by atoms with Gasteiger partial charge in [-0.25, -0.2) is 0 Å². The van der Waals surface area contributed by atoms with Crippen LogP contribution in [0.1, 0.15) is 36.0 Å². The van der Waals surface area contributed by atoms with Crippen molar-refractivity contribution in [1.82, 2.24) is 10.3 Å². The number of carbonyl (C=O) groups excluding carboxylic acids is 1. The van der Waals surface area contributed by atoms with Gasteiger partial charge in [-0.2, -0.15) is 0 Å². The largest absolute Gasteiger partial charge is 0.505 e. The number of hydrogen-bond acceptors (Lipinski definition) is 4. The van der Waals surface area contributed by atoms with E-state index >= 15 is 0 Å². The van der Waals surface area contributed by atoms with Crippen LogP contribution in [0.25, 0.3) is 0 Å². The van der Waals surface area contributed by atoms with E-state index in [-0.39, 0.29) is 23.8 Å². The molecule has 1 aliphatic carbocycles. The maximum atomic E-state index is 11.8. The lowest BCUT2D eigenvalue weighted by Gasteiger charge is -2.22. The molecular weight excluding hydrogens is 220 g/mol. The Kier molecular flexibility index (Phi) is 3.28. The smallest absolute Gasteiger partial charge is 0.255 e. The highest BCUT2D eigenvalue weighted by Gasteiger charge is 2.31. The van der Waals surface area contributed by atoms with Gasteiger partial charge in [-0.05, 0) is 18.9 Å². The second kappa shape index (κ2) is 4.71. The Morgan fingerprint density at radius 3 is 2.82 bits per heavy atom. The topological polar surface area (TPSA) is 82.5 Å². The minimum absolute atomic E-state index is 0.150. The van der Waals surface area contributed by atoms with Gasteiger partial charge in [-0.3, -0.25) is 9.78 Å². The third kappa shape index (κ3) is 2.74. The van der Waals surface area contributed by atoms with Crippen molar-refractivity contribution < 1.29 is 15.0 Å². The summed E-state index contributed by atoms with van der Waals surface area (Å²) in [7, 11) is 0. The molecule has 0 saturated heterocycles. The highest BCUT2D eigenvalue weighted by Crippen LogP contribution is 2.28. The lowest BCUT2D eigenvalue weighted by atomic mass is 10.0. The van der Waals surface area contributed by atoms with Crippen LogP contribution in [-0.4, -0.2) is 33.3 Å². The van der Waals surface area contributed by atoms with E-state index in [2.05, 4.69) is 10.3 Å². The molecular formula is C12H16N2O3. The molecule has 17 heavy (non-hydrogen) atoms. The molecule has 1 aromatic heterocycles. The number of nitrogens with zero attached hydrogens (tertiary/aromatic N) is 1. The van der Waals surface area contributed by atoms with Crippen LogP contribution in [0, 0.1) is 0 Å². The van der Waals surface area contributed by atoms with E-state index in [0.717, 1.165) is 25.7 Å². The van der Waals surface area contributed by atoms with Gasteiger partial charge in [0.05, 0.1) is 17.4 Å². The molecule has 5 heteroatoms. The van der Waals surface area contributed by atoms with Crippen molar-refractivity contribution in [3.63, 3.8) is 0 Å². The molecule has 1 heterocycles. The summed E-state index contributed by atoms with van der Waals surface area (Å²) in [4.78, 5) is 15.5.